The first-order chi connectivity index (χ1) is 15.1. The average molecular weight is 415 g/mol. The van der Waals surface area contributed by atoms with Gasteiger partial charge in [-0.15, -0.1) is 0 Å². The van der Waals surface area contributed by atoms with Crippen molar-refractivity contribution in [1.82, 2.24) is 24.7 Å². The molecule has 7 nitrogen and oxygen atoms in total. The van der Waals surface area contributed by atoms with Gasteiger partial charge in [-0.2, -0.15) is 10.1 Å². The molecule has 2 heterocycles. The van der Waals surface area contributed by atoms with Crippen molar-refractivity contribution in [3.8, 4) is 5.69 Å². The number of halogens is 1. The average Bonchev–Trinajstić information content (AvgIpc) is 3.37. The second-order valence-corrected chi connectivity index (χ2v) is 7.66. The van der Waals surface area contributed by atoms with E-state index in [0.717, 1.165) is 28.8 Å². The Labute approximate surface area is 179 Å². The summed E-state index contributed by atoms with van der Waals surface area (Å²) in [4.78, 5) is 13.1. The molecule has 0 spiro atoms. The molecular formula is C23H22FN7. The van der Waals surface area contributed by atoms with Crippen molar-refractivity contribution in [2.24, 2.45) is 0 Å². The number of nitrogens with two attached hydrogens (primary N) is 1. The van der Waals surface area contributed by atoms with Crippen LogP contribution in [0, 0.1) is 12.7 Å². The zero-order valence-corrected chi connectivity index (χ0v) is 17.2. The minimum atomic E-state index is -0.349. The third-order valence-electron chi connectivity index (χ3n) is 5.90. The number of rotatable bonds is 4. The summed E-state index contributed by atoms with van der Waals surface area (Å²) in [5, 5.41) is 7.27. The summed E-state index contributed by atoms with van der Waals surface area (Å²) < 4.78 is 16.6. The highest BCUT2D eigenvalue weighted by molar-refractivity contribution is 5.60. The normalized spacial score (nSPS) is 17.5. The second-order valence-electron chi connectivity index (χ2n) is 7.66. The van der Waals surface area contributed by atoms with Gasteiger partial charge in [-0.25, -0.2) is 19.0 Å². The summed E-state index contributed by atoms with van der Waals surface area (Å²) in [5.41, 5.74) is 10.3. The molecule has 2 aromatic carbocycles. The van der Waals surface area contributed by atoms with E-state index >= 15 is 4.39 Å². The SMILES string of the molecule is CNc1nc(N)nc2c1C(c1ccc(-n3ncnc3C)c(F)c1)CC2c1ccccc1. The number of nitrogens with zero attached hydrogens (tertiary/aromatic N) is 5. The summed E-state index contributed by atoms with van der Waals surface area (Å²) in [6, 6.07) is 15.5. The van der Waals surface area contributed by atoms with E-state index in [9.17, 15) is 0 Å². The largest absolute Gasteiger partial charge is 0.373 e. The van der Waals surface area contributed by atoms with Crippen LogP contribution in [0.4, 0.5) is 16.2 Å². The van der Waals surface area contributed by atoms with Crippen LogP contribution in [-0.4, -0.2) is 31.8 Å². The number of nitrogen functional groups attached to an aromatic ring is 1. The van der Waals surface area contributed by atoms with E-state index < -0.39 is 0 Å². The number of nitrogens with one attached hydrogen (secondary N) is 1. The Hall–Kier alpha value is -3.81. The highest BCUT2D eigenvalue weighted by atomic mass is 19.1. The molecule has 2 unspecified atom stereocenters. The lowest BCUT2D eigenvalue weighted by Gasteiger charge is -2.16. The lowest BCUT2D eigenvalue weighted by Crippen LogP contribution is -2.09. The van der Waals surface area contributed by atoms with Gasteiger partial charge in [0.25, 0.3) is 0 Å². The molecule has 1 aliphatic carbocycles. The molecule has 0 aliphatic heterocycles. The number of aromatic nitrogens is 5. The Morgan fingerprint density at radius 1 is 1.06 bits per heavy atom. The van der Waals surface area contributed by atoms with Gasteiger partial charge in [0.15, 0.2) is 0 Å². The highest BCUT2D eigenvalue weighted by Gasteiger charge is 2.37. The lowest BCUT2D eigenvalue weighted by molar-refractivity contribution is 0.602. The molecule has 0 bridgehead atoms. The van der Waals surface area contributed by atoms with Crippen molar-refractivity contribution in [2.45, 2.75) is 25.2 Å². The molecule has 156 valence electrons. The number of anilines is 2. The zero-order valence-electron chi connectivity index (χ0n) is 17.2. The van der Waals surface area contributed by atoms with Crippen LogP contribution in [0.2, 0.25) is 0 Å². The number of fused-ring (bicyclic) bond motifs is 1. The van der Waals surface area contributed by atoms with Crippen LogP contribution in [0.1, 0.15) is 46.5 Å². The lowest BCUT2D eigenvalue weighted by atomic mass is 9.90. The van der Waals surface area contributed by atoms with Crippen molar-refractivity contribution in [2.75, 3.05) is 18.1 Å². The van der Waals surface area contributed by atoms with Gasteiger partial charge < -0.3 is 11.1 Å². The smallest absolute Gasteiger partial charge is 0.222 e. The van der Waals surface area contributed by atoms with Crippen LogP contribution in [0.5, 0.6) is 0 Å². The fourth-order valence-corrected chi connectivity index (χ4v) is 4.50. The van der Waals surface area contributed by atoms with Crippen LogP contribution in [-0.2, 0) is 0 Å². The first-order valence-electron chi connectivity index (χ1n) is 10.1. The van der Waals surface area contributed by atoms with Crippen molar-refractivity contribution >= 4 is 11.8 Å². The van der Waals surface area contributed by atoms with Crippen LogP contribution < -0.4 is 11.1 Å². The molecule has 2 atom stereocenters. The molecule has 0 amide bonds. The number of hydrogen-bond acceptors (Lipinski definition) is 6. The second kappa shape index (κ2) is 7.46. The van der Waals surface area contributed by atoms with E-state index in [1.54, 1.807) is 19.1 Å². The molecule has 5 rings (SSSR count). The van der Waals surface area contributed by atoms with Gasteiger partial charge in [0.1, 0.15) is 29.5 Å². The minimum absolute atomic E-state index is 0.0545. The Bertz CT molecular complexity index is 1250. The van der Waals surface area contributed by atoms with Gasteiger partial charge in [0, 0.05) is 24.4 Å². The zero-order chi connectivity index (χ0) is 21.5. The van der Waals surface area contributed by atoms with E-state index in [2.05, 4.69) is 37.5 Å². The van der Waals surface area contributed by atoms with E-state index in [1.165, 1.54) is 11.0 Å². The summed E-state index contributed by atoms with van der Waals surface area (Å²) in [6.45, 7) is 1.79. The Kier molecular flexibility index (Phi) is 4.62. The van der Waals surface area contributed by atoms with Crippen molar-refractivity contribution in [1.29, 1.82) is 0 Å². The summed E-state index contributed by atoms with van der Waals surface area (Å²) in [6.07, 6.45) is 2.18. The van der Waals surface area contributed by atoms with E-state index in [0.29, 0.717) is 17.3 Å². The fraction of sp³-hybridized carbons (Fsp3) is 0.217. The summed E-state index contributed by atoms with van der Waals surface area (Å²) in [7, 11) is 1.81. The van der Waals surface area contributed by atoms with Crippen molar-refractivity contribution in [3.05, 3.63) is 88.9 Å². The van der Waals surface area contributed by atoms with Gasteiger partial charge in [0.2, 0.25) is 5.95 Å². The predicted octanol–water partition coefficient (Wildman–Crippen LogP) is 3.80. The Morgan fingerprint density at radius 2 is 1.87 bits per heavy atom. The van der Waals surface area contributed by atoms with Crippen molar-refractivity contribution in [3.63, 3.8) is 0 Å². The van der Waals surface area contributed by atoms with E-state index in [-0.39, 0.29) is 23.6 Å². The molecule has 31 heavy (non-hydrogen) atoms. The topological polar surface area (TPSA) is 94.5 Å². The molecule has 1 aliphatic rings. The maximum atomic E-state index is 15.1. The molecule has 3 N–H and O–H groups in total. The molecule has 0 saturated heterocycles. The molecule has 0 fully saturated rings. The standard InChI is InChI=1S/C23H22FN7/c1-13-27-12-28-31(13)19-9-8-15(10-18(19)24)16-11-17(14-6-4-3-5-7-14)21-20(16)22(26-2)30-23(25)29-21/h3-10,12,16-17H,11H2,1-2H3,(H3,25,26,29,30). The number of aryl methyl sites for hydroxylation is 1. The molecule has 0 saturated carbocycles. The first-order valence-corrected chi connectivity index (χ1v) is 10.1. The Balaban J connectivity index is 1.62. The maximum Gasteiger partial charge on any atom is 0.222 e. The molecule has 0 radical (unpaired) electrons. The summed E-state index contributed by atoms with van der Waals surface area (Å²) in [5.74, 6) is 1.18. The monoisotopic (exact) mass is 415 g/mol. The van der Waals surface area contributed by atoms with Gasteiger partial charge in [-0.3, -0.25) is 0 Å². The fourth-order valence-electron chi connectivity index (χ4n) is 4.50. The molecule has 8 heteroatoms. The van der Waals surface area contributed by atoms with E-state index in [4.69, 9.17) is 5.73 Å². The number of benzene rings is 2. The highest BCUT2D eigenvalue weighted by Crippen LogP contribution is 2.50. The van der Waals surface area contributed by atoms with Crippen LogP contribution >= 0.6 is 0 Å². The minimum Gasteiger partial charge on any atom is -0.373 e. The van der Waals surface area contributed by atoms with Gasteiger partial charge >= 0.3 is 0 Å². The third kappa shape index (κ3) is 3.20. The van der Waals surface area contributed by atoms with Gasteiger partial charge in [-0.1, -0.05) is 36.4 Å². The maximum absolute atomic E-state index is 15.1. The Morgan fingerprint density at radius 3 is 2.55 bits per heavy atom. The molecule has 4 aromatic rings. The van der Waals surface area contributed by atoms with Crippen LogP contribution in [0.15, 0.2) is 54.9 Å². The van der Waals surface area contributed by atoms with Gasteiger partial charge in [0.05, 0.1) is 5.69 Å². The molecular weight excluding hydrogens is 393 g/mol. The number of hydrogen-bond donors (Lipinski definition) is 2. The van der Waals surface area contributed by atoms with Gasteiger partial charge in [-0.05, 0) is 36.6 Å². The van der Waals surface area contributed by atoms with Crippen LogP contribution in [0.25, 0.3) is 5.69 Å². The first kappa shape index (κ1) is 19.2. The quantitative estimate of drug-likeness (QED) is 0.527. The summed E-state index contributed by atoms with van der Waals surface area (Å²) >= 11 is 0. The van der Waals surface area contributed by atoms with Crippen LogP contribution in [0.3, 0.4) is 0 Å². The molecule has 2 aromatic heterocycles. The van der Waals surface area contributed by atoms with E-state index in [1.807, 2.05) is 31.3 Å². The third-order valence-corrected chi connectivity index (χ3v) is 5.90. The van der Waals surface area contributed by atoms with Crippen molar-refractivity contribution < 1.29 is 4.39 Å². The predicted molar refractivity (Wildman–Crippen MR) is 117 cm³/mol.